The number of aromatic amines is 1. The van der Waals surface area contributed by atoms with Crippen molar-refractivity contribution in [2.45, 2.75) is 0 Å². The maximum absolute atomic E-state index is 12.0. The topological polar surface area (TPSA) is 85.8 Å². The Morgan fingerprint density at radius 2 is 2.06 bits per heavy atom. The number of fused-ring (bicyclic) bond motifs is 3. The Morgan fingerprint density at radius 1 is 1.33 bits per heavy atom. The van der Waals surface area contributed by atoms with Gasteiger partial charge in [0.2, 0.25) is 0 Å². The maximum Gasteiger partial charge on any atom is 0.347 e. The first-order chi connectivity index (χ1) is 8.50. The average molecular weight is 265 g/mol. The van der Waals surface area contributed by atoms with E-state index in [0.29, 0.717) is 20.7 Å². The second kappa shape index (κ2) is 3.39. The molecule has 0 spiro atoms. The fourth-order valence-electron chi connectivity index (χ4n) is 2.17. The number of nitrogens with one attached hydrogen (secondary N) is 1. The van der Waals surface area contributed by atoms with Gasteiger partial charge in [-0.05, 0) is 18.2 Å². The lowest BCUT2D eigenvalue weighted by Gasteiger charge is -1.98. The number of hydrogen-bond donors (Lipinski definition) is 2. The van der Waals surface area contributed by atoms with Crippen LogP contribution in [0.2, 0.25) is 5.02 Å². The molecule has 0 amide bonds. The highest BCUT2D eigenvalue weighted by atomic mass is 35.5. The third-order valence-corrected chi connectivity index (χ3v) is 3.27. The van der Waals surface area contributed by atoms with Crippen LogP contribution in [0.4, 0.5) is 0 Å². The Bertz CT molecular complexity index is 903. The molecule has 92 valence electrons. The van der Waals surface area contributed by atoms with Gasteiger partial charge in [0, 0.05) is 17.5 Å². The van der Waals surface area contributed by atoms with Crippen LogP contribution in [0.3, 0.4) is 0 Å². The number of halogens is 1. The van der Waals surface area contributed by atoms with E-state index in [1.807, 2.05) is 0 Å². The molecule has 0 atom stereocenters. The highest BCUT2D eigenvalue weighted by Gasteiger charge is 2.14. The molecule has 0 fully saturated rings. The van der Waals surface area contributed by atoms with Crippen molar-refractivity contribution >= 4 is 33.5 Å². The second-order valence-electron chi connectivity index (χ2n) is 4.05. The molecule has 0 aliphatic heterocycles. The van der Waals surface area contributed by atoms with E-state index in [-0.39, 0.29) is 0 Å². The van der Waals surface area contributed by atoms with Crippen molar-refractivity contribution in [3.05, 3.63) is 44.1 Å². The van der Waals surface area contributed by atoms with Crippen molar-refractivity contribution in [2.75, 3.05) is 5.84 Å². The Balaban J connectivity index is 2.74. The minimum Gasteiger partial charge on any atom is -0.338 e. The van der Waals surface area contributed by atoms with Crippen LogP contribution < -0.4 is 17.1 Å². The summed E-state index contributed by atoms with van der Waals surface area (Å²) < 4.78 is 2.24. The molecule has 7 heteroatoms. The molecule has 3 rings (SSSR count). The lowest BCUT2D eigenvalue weighted by atomic mass is 10.2. The zero-order valence-corrected chi connectivity index (χ0v) is 10.2. The third-order valence-electron chi connectivity index (χ3n) is 3.03. The Kier molecular flexibility index (Phi) is 2.06. The predicted octanol–water partition coefficient (Wildman–Crippen LogP) is 0.549. The number of aryl methyl sites for hydroxylation is 1. The van der Waals surface area contributed by atoms with E-state index in [2.05, 4.69) is 4.98 Å². The van der Waals surface area contributed by atoms with Crippen LogP contribution in [-0.4, -0.2) is 14.2 Å². The SMILES string of the molecule is Cn1c2ccc(Cl)cc2c2[nH]c(=O)n(N)c(=O)c21. The Labute approximate surface area is 105 Å². The van der Waals surface area contributed by atoms with E-state index < -0.39 is 11.2 Å². The standard InChI is InChI=1S/C11H9ClN4O2/c1-15-7-3-2-5(12)4-6(7)8-9(15)10(17)16(13)11(18)14-8/h2-4H,13H2,1H3,(H,14,18). The summed E-state index contributed by atoms with van der Waals surface area (Å²) in [6.07, 6.45) is 0. The van der Waals surface area contributed by atoms with E-state index in [1.165, 1.54) is 0 Å². The monoisotopic (exact) mass is 264 g/mol. The molecule has 6 nitrogen and oxygen atoms in total. The first-order valence-corrected chi connectivity index (χ1v) is 5.56. The molecule has 3 N–H and O–H groups in total. The van der Waals surface area contributed by atoms with E-state index in [0.717, 1.165) is 10.9 Å². The molecule has 2 aromatic heterocycles. The Hall–Kier alpha value is -2.21. The van der Waals surface area contributed by atoms with E-state index in [1.54, 1.807) is 29.8 Å². The highest BCUT2D eigenvalue weighted by Crippen LogP contribution is 2.26. The summed E-state index contributed by atoms with van der Waals surface area (Å²) >= 11 is 5.93. The minimum absolute atomic E-state index is 0.342. The number of benzene rings is 1. The molecular weight excluding hydrogens is 256 g/mol. The van der Waals surface area contributed by atoms with E-state index in [4.69, 9.17) is 17.4 Å². The van der Waals surface area contributed by atoms with Crippen LogP contribution >= 0.6 is 11.6 Å². The average Bonchev–Trinajstić information content (AvgIpc) is 2.60. The summed E-state index contributed by atoms with van der Waals surface area (Å²) in [7, 11) is 1.73. The van der Waals surface area contributed by atoms with Crippen LogP contribution in [0.15, 0.2) is 27.8 Å². The number of hydrogen-bond acceptors (Lipinski definition) is 3. The van der Waals surface area contributed by atoms with Gasteiger partial charge in [-0.15, -0.1) is 0 Å². The molecule has 0 unspecified atom stereocenters. The molecular formula is C11H9ClN4O2. The quantitative estimate of drug-likeness (QED) is 0.582. The molecule has 1 aromatic carbocycles. The van der Waals surface area contributed by atoms with Crippen molar-refractivity contribution in [3.63, 3.8) is 0 Å². The number of H-pyrrole nitrogens is 1. The van der Waals surface area contributed by atoms with Gasteiger partial charge in [-0.2, -0.15) is 4.68 Å². The van der Waals surface area contributed by atoms with Gasteiger partial charge in [0.15, 0.2) is 0 Å². The van der Waals surface area contributed by atoms with Crippen molar-refractivity contribution in [2.24, 2.45) is 7.05 Å². The van der Waals surface area contributed by atoms with Gasteiger partial charge in [-0.25, -0.2) is 4.79 Å². The van der Waals surface area contributed by atoms with Crippen LogP contribution in [0, 0.1) is 0 Å². The molecule has 0 aliphatic rings. The summed E-state index contributed by atoms with van der Waals surface area (Å²) in [6, 6.07) is 5.22. The van der Waals surface area contributed by atoms with Gasteiger partial charge in [-0.1, -0.05) is 11.6 Å². The van der Waals surface area contributed by atoms with E-state index >= 15 is 0 Å². The van der Waals surface area contributed by atoms with Crippen LogP contribution in [0.1, 0.15) is 0 Å². The third kappa shape index (κ3) is 1.23. The molecule has 0 saturated carbocycles. The fraction of sp³-hybridized carbons (Fsp3) is 0.0909. The summed E-state index contributed by atoms with van der Waals surface area (Å²) in [4.78, 5) is 26.1. The summed E-state index contributed by atoms with van der Waals surface area (Å²) in [6.45, 7) is 0. The van der Waals surface area contributed by atoms with Crippen molar-refractivity contribution < 1.29 is 0 Å². The van der Waals surface area contributed by atoms with E-state index in [9.17, 15) is 9.59 Å². The zero-order valence-electron chi connectivity index (χ0n) is 9.40. The highest BCUT2D eigenvalue weighted by molar-refractivity contribution is 6.31. The number of aromatic nitrogens is 3. The van der Waals surface area contributed by atoms with Gasteiger partial charge < -0.3 is 15.4 Å². The van der Waals surface area contributed by atoms with Crippen molar-refractivity contribution in [1.82, 2.24) is 14.2 Å². The second-order valence-corrected chi connectivity index (χ2v) is 4.49. The lowest BCUT2D eigenvalue weighted by Crippen LogP contribution is -2.40. The molecule has 0 bridgehead atoms. The molecule has 2 heterocycles. The minimum atomic E-state index is -0.653. The first-order valence-electron chi connectivity index (χ1n) is 5.19. The largest absolute Gasteiger partial charge is 0.347 e. The number of nitrogens with two attached hydrogens (primary N) is 1. The van der Waals surface area contributed by atoms with Gasteiger partial charge in [0.05, 0.1) is 11.0 Å². The van der Waals surface area contributed by atoms with Gasteiger partial charge >= 0.3 is 5.69 Å². The predicted molar refractivity (Wildman–Crippen MR) is 70.5 cm³/mol. The smallest absolute Gasteiger partial charge is 0.338 e. The fourth-order valence-corrected chi connectivity index (χ4v) is 2.34. The molecule has 18 heavy (non-hydrogen) atoms. The maximum atomic E-state index is 12.0. The zero-order chi connectivity index (χ0) is 13.0. The number of rotatable bonds is 0. The summed E-state index contributed by atoms with van der Waals surface area (Å²) in [5.41, 5.74) is 0.401. The van der Waals surface area contributed by atoms with Crippen LogP contribution in [-0.2, 0) is 7.05 Å². The number of nitrogens with zero attached hydrogens (tertiary/aromatic N) is 2. The molecule has 0 radical (unpaired) electrons. The number of nitrogen functional groups attached to an aromatic ring is 1. The van der Waals surface area contributed by atoms with Crippen molar-refractivity contribution in [3.8, 4) is 0 Å². The van der Waals surface area contributed by atoms with Crippen LogP contribution in [0.25, 0.3) is 21.9 Å². The Morgan fingerprint density at radius 3 is 2.78 bits per heavy atom. The van der Waals surface area contributed by atoms with Gasteiger partial charge in [-0.3, -0.25) is 4.79 Å². The first kappa shape index (κ1) is 10.9. The summed E-state index contributed by atoms with van der Waals surface area (Å²) in [5.74, 6) is 5.39. The lowest BCUT2D eigenvalue weighted by molar-refractivity contribution is 0.842. The molecule has 0 aliphatic carbocycles. The van der Waals surface area contributed by atoms with Crippen LogP contribution in [0.5, 0.6) is 0 Å². The van der Waals surface area contributed by atoms with Gasteiger partial charge in [0.1, 0.15) is 5.52 Å². The normalized spacial score (nSPS) is 11.4. The van der Waals surface area contributed by atoms with Gasteiger partial charge in [0.25, 0.3) is 5.56 Å². The molecule has 0 saturated heterocycles. The summed E-state index contributed by atoms with van der Waals surface area (Å²) in [5, 5.41) is 1.25. The van der Waals surface area contributed by atoms with Crippen molar-refractivity contribution in [1.29, 1.82) is 0 Å². The molecule has 3 aromatic rings.